The number of hydrogen-bond acceptors (Lipinski definition) is 0. The minimum atomic E-state index is 0.969. The van der Waals surface area contributed by atoms with Crippen molar-refractivity contribution in [2.24, 2.45) is 0 Å². The van der Waals surface area contributed by atoms with Crippen molar-refractivity contribution in [3.63, 3.8) is 0 Å². The van der Waals surface area contributed by atoms with Gasteiger partial charge in [0.15, 0.2) is 0 Å². The number of rotatable bonds is 3. The van der Waals surface area contributed by atoms with E-state index in [2.05, 4.69) is 28.1 Å². The van der Waals surface area contributed by atoms with Crippen molar-refractivity contribution in [2.45, 2.75) is 38.5 Å². The lowest BCUT2D eigenvalue weighted by atomic mass is 9.90. The summed E-state index contributed by atoms with van der Waals surface area (Å²) in [6, 6.07) is 4.53. The molecule has 0 spiro atoms. The predicted molar refractivity (Wildman–Crippen MR) is 70.2 cm³/mol. The SMILES string of the molecule is Clc1cc2c(cc1CCCBr)CCCC2. The Hall–Kier alpha value is -0.0100. The van der Waals surface area contributed by atoms with E-state index in [1.54, 1.807) is 0 Å². The topological polar surface area (TPSA) is 0 Å². The monoisotopic (exact) mass is 286 g/mol. The molecule has 0 fully saturated rings. The van der Waals surface area contributed by atoms with Gasteiger partial charge in [0, 0.05) is 10.4 Å². The van der Waals surface area contributed by atoms with Crippen LogP contribution in [-0.2, 0) is 19.3 Å². The number of halogens is 2. The maximum Gasteiger partial charge on any atom is 0.0440 e. The van der Waals surface area contributed by atoms with Crippen LogP contribution in [0.2, 0.25) is 5.02 Å². The average molecular weight is 288 g/mol. The highest BCUT2D eigenvalue weighted by atomic mass is 79.9. The molecule has 2 rings (SSSR count). The first-order valence-corrected chi connectivity index (χ1v) is 7.17. The van der Waals surface area contributed by atoms with Crippen LogP contribution in [-0.4, -0.2) is 5.33 Å². The smallest absolute Gasteiger partial charge is 0.0440 e. The Kier molecular flexibility index (Phi) is 4.10. The van der Waals surface area contributed by atoms with Crippen LogP contribution >= 0.6 is 27.5 Å². The third-order valence-electron chi connectivity index (χ3n) is 3.09. The molecule has 0 heterocycles. The molecule has 0 aliphatic heterocycles. The quantitative estimate of drug-likeness (QED) is 0.716. The summed E-state index contributed by atoms with van der Waals surface area (Å²) in [7, 11) is 0. The Morgan fingerprint density at radius 3 is 2.47 bits per heavy atom. The molecule has 0 atom stereocenters. The van der Waals surface area contributed by atoms with E-state index in [0.717, 1.165) is 16.8 Å². The van der Waals surface area contributed by atoms with Crippen LogP contribution in [0.25, 0.3) is 0 Å². The van der Waals surface area contributed by atoms with Gasteiger partial charge >= 0.3 is 0 Å². The summed E-state index contributed by atoms with van der Waals surface area (Å²) in [6.07, 6.45) is 7.38. The fourth-order valence-corrected chi connectivity index (χ4v) is 2.82. The predicted octanol–water partition coefficient (Wildman–Crippen LogP) is 4.55. The normalized spacial score (nSPS) is 15.1. The van der Waals surface area contributed by atoms with Crippen molar-refractivity contribution in [3.8, 4) is 0 Å². The minimum absolute atomic E-state index is 0.969. The Balaban J connectivity index is 2.24. The maximum absolute atomic E-state index is 6.28. The largest absolute Gasteiger partial charge is 0.0928 e. The number of alkyl halides is 1. The van der Waals surface area contributed by atoms with Crippen molar-refractivity contribution in [3.05, 3.63) is 33.8 Å². The zero-order chi connectivity index (χ0) is 10.7. The Morgan fingerprint density at radius 1 is 1.13 bits per heavy atom. The van der Waals surface area contributed by atoms with Gasteiger partial charge in [-0.1, -0.05) is 33.6 Å². The fraction of sp³-hybridized carbons (Fsp3) is 0.538. The fourth-order valence-electron chi connectivity index (χ4n) is 2.26. The van der Waals surface area contributed by atoms with Crippen LogP contribution < -0.4 is 0 Å². The maximum atomic E-state index is 6.28. The van der Waals surface area contributed by atoms with Gasteiger partial charge < -0.3 is 0 Å². The Labute approximate surface area is 105 Å². The van der Waals surface area contributed by atoms with Crippen molar-refractivity contribution in [1.29, 1.82) is 0 Å². The summed E-state index contributed by atoms with van der Waals surface area (Å²) >= 11 is 9.74. The highest BCUT2D eigenvalue weighted by Crippen LogP contribution is 2.28. The lowest BCUT2D eigenvalue weighted by Gasteiger charge is -2.17. The summed E-state index contributed by atoms with van der Waals surface area (Å²) < 4.78 is 0. The second-order valence-corrected chi connectivity index (χ2v) is 5.41. The summed E-state index contributed by atoms with van der Waals surface area (Å²) in [6.45, 7) is 0. The van der Waals surface area contributed by atoms with Gasteiger partial charge in [0.25, 0.3) is 0 Å². The lowest BCUT2D eigenvalue weighted by molar-refractivity contribution is 0.684. The number of aryl methyl sites for hydroxylation is 3. The summed E-state index contributed by atoms with van der Waals surface area (Å²) in [4.78, 5) is 0. The van der Waals surface area contributed by atoms with Crippen molar-refractivity contribution in [1.82, 2.24) is 0 Å². The number of hydrogen-bond donors (Lipinski definition) is 0. The van der Waals surface area contributed by atoms with Crippen LogP contribution in [0.4, 0.5) is 0 Å². The lowest BCUT2D eigenvalue weighted by Crippen LogP contribution is -2.04. The zero-order valence-electron chi connectivity index (χ0n) is 8.86. The second kappa shape index (κ2) is 5.36. The van der Waals surface area contributed by atoms with Gasteiger partial charge in [-0.3, -0.25) is 0 Å². The van der Waals surface area contributed by atoms with Crippen LogP contribution in [0.5, 0.6) is 0 Å². The molecule has 0 unspecified atom stereocenters. The van der Waals surface area contributed by atoms with Crippen LogP contribution in [0.1, 0.15) is 36.0 Å². The standard InChI is InChI=1S/C13H16BrCl/c14-7-3-6-12-8-10-4-1-2-5-11(10)9-13(12)15/h8-9H,1-7H2. The molecule has 0 bridgehead atoms. The first kappa shape index (κ1) is 11.5. The third-order valence-corrected chi connectivity index (χ3v) is 4.00. The molecule has 82 valence electrons. The molecule has 0 amide bonds. The molecule has 15 heavy (non-hydrogen) atoms. The van der Waals surface area contributed by atoms with Crippen LogP contribution in [0.3, 0.4) is 0 Å². The van der Waals surface area contributed by atoms with E-state index in [-0.39, 0.29) is 0 Å². The van der Waals surface area contributed by atoms with Gasteiger partial charge in [0.1, 0.15) is 0 Å². The van der Waals surface area contributed by atoms with Gasteiger partial charge in [0.2, 0.25) is 0 Å². The van der Waals surface area contributed by atoms with Gasteiger partial charge in [-0.2, -0.15) is 0 Å². The van der Waals surface area contributed by atoms with Crippen LogP contribution in [0, 0.1) is 0 Å². The van der Waals surface area contributed by atoms with Crippen LogP contribution in [0.15, 0.2) is 12.1 Å². The Bertz CT molecular complexity index is 347. The average Bonchev–Trinajstić information content (AvgIpc) is 2.26. The van der Waals surface area contributed by atoms with E-state index in [0.29, 0.717) is 0 Å². The molecule has 0 radical (unpaired) electrons. The molecule has 1 aromatic carbocycles. The molecule has 1 aliphatic rings. The van der Waals surface area contributed by atoms with Crippen molar-refractivity contribution >= 4 is 27.5 Å². The molecule has 0 N–H and O–H groups in total. The molecule has 1 aliphatic carbocycles. The van der Waals surface area contributed by atoms with E-state index in [4.69, 9.17) is 11.6 Å². The van der Waals surface area contributed by atoms with E-state index in [1.165, 1.54) is 48.8 Å². The highest BCUT2D eigenvalue weighted by molar-refractivity contribution is 9.09. The summed E-state index contributed by atoms with van der Waals surface area (Å²) in [5.41, 5.74) is 4.35. The molecule has 0 saturated carbocycles. The Morgan fingerprint density at radius 2 is 1.80 bits per heavy atom. The minimum Gasteiger partial charge on any atom is -0.0928 e. The van der Waals surface area contributed by atoms with Gasteiger partial charge in [0.05, 0.1) is 0 Å². The molecule has 2 heteroatoms. The molecule has 1 aromatic rings. The highest BCUT2D eigenvalue weighted by Gasteiger charge is 2.12. The summed E-state index contributed by atoms with van der Waals surface area (Å²) in [5.74, 6) is 0. The third kappa shape index (κ3) is 2.76. The summed E-state index contributed by atoms with van der Waals surface area (Å²) in [5, 5.41) is 2.03. The molecular weight excluding hydrogens is 272 g/mol. The van der Waals surface area contributed by atoms with Gasteiger partial charge in [-0.05, 0) is 61.3 Å². The number of fused-ring (bicyclic) bond motifs is 1. The van der Waals surface area contributed by atoms with Gasteiger partial charge in [-0.15, -0.1) is 0 Å². The van der Waals surface area contributed by atoms with Crippen molar-refractivity contribution < 1.29 is 0 Å². The molecule has 0 saturated heterocycles. The second-order valence-electron chi connectivity index (χ2n) is 4.21. The molecule has 0 aromatic heterocycles. The van der Waals surface area contributed by atoms with E-state index >= 15 is 0 Å². The first-order valence-electron chi connectivity index (χ1n) is 5.67. The van der Waals surface area contributed by atoms with Gasteiger partial charge in [-0.25, -0.2) is 0 Å². The van der Waals surface area contributed by atoms with Crippen molar-refractivity contribution in [2.75, 3.05) is 5.33 Å². The molecule has 0 nitrogen and oxygen atoms in total. The molecular formula is C13H16BrCl. The number of benzene rings is 1. The first-order chi connectivity index (χ1) is 7.31. The zero-order valence-corrected chi connectivity index (χ0v) is 11.2. The van der Waals surface area contributed by atoms with E-state index in [9.17, 15) is 0 Å². The van der Waals surface area contributed by atoms with E-state index < -0.39 is 0 Å². The van der Waals surface area contributed by atoms with E-state index in [1.807, 2.05) is 0 Å².